The molecule has 3 N–H and O–H groups in total. The van der Waals surface area contributed by atoms with Crippen molar-refractivity contribution in [2.24, 2.45) is 0 Å². The van der Waals surface area contributed by atoms with Gasteiger partial charge in [0, 0.05) is 12.5 Å². The van der Waals surface area contributed by atoms with Crippen molar-refractivity contribution >= 4 is 29.2 Å². The summed E-state index contributed by atoms with van der Waals surface area (Å²) in [5.41, 5.74) is -0.891. The van der Waals surface area contributed by atoms with Crippen molar-refractivity contribution in [3.05, 3.63) is 33.9 Å². The lowest BCUT2D eigenvalue weighted by Gasteiger charge is -2.11. The van der Waals surface area contributed by atoms with Gasteiger partial charge in [0.25, 0.3) is 5.69 Å². The second-order valence-electron chi connectivity index (χ2n) is 4.44. The van der Waals surface area contributed by atoms with Crippen LogP contribution in [0, 0.1) is 10.1 Å². The van der Waals surface area contributed by atoms with Crippen LogP contribution in [0.25, 0.3) is 0 Å². The summed E-state index contributed by atoms with van der Waals surface area (Å²) in [6.45, 7) is 0. The van der Waals surface area contributed by atoms with Crippen molar-refractivity contribution in [2.45, 2.75) is 18.9 Å². The monoisotopic (exact) mass is 293 g/mol. The molecule has 1 heterocycles. The lowest BCUT2D eigenvalue weighted by molar-refractivity contribution is -0.384. The molecule has 0 unspecified atom stereocenters. The number of carboxylic acid groups (broad SMARTS) is 1. The molecular weight excluding hydrogens is 282 g/mol. The topological polar surface area (TPSA) is 139 Å². The Morgan fingerprint density at radius 1 is 1.43 bits per heavy atom. The maximum atomic E-state index is 11.9. The third-order valence-electron chi connectivity index (χ3n) is 3.01. The number of rotatable bonds is 4. The molecule has 21 heavy (non-hydrogen) atoms. The summed E-state index contributed by atoms with van der Waals surface area (Å²) in [4.78, 5) is 43.9. The van der Waals surface area contributed by atoms with E-state index in [2.05, 4.69) is 10.6 Å². The molecule has 1 aliphatic heterocycles. The SMILES string of the molecule is O=C1CC[C@H](C(=O)Nc2ccc(C(=O)O)cc2[N+](=O)[O-])N1. The van der Waals surface area contributed by atoms with Gasteiger partial charge >= 0.3 is 5.97 Å². The molecule has 9 heteroatoms. The summed E-state index contributed by atoms with van der Waals surface area (Å²) in [5, 5.41) is 24.5. The van der Waals surface area contributed by atoms with E-state index in [0.717, 1.165) is 18.2 Å². The smallest absolute Gasteiger partial charge is 0.335 e. The molecule has 1 fully saturated rings. The van der Waals surface area contributed by atoms with Gasteiger partial charge in [-0.3, -0.25) is 19.7 Å². The van der Waals surface area contributed by atoms with Crippen LogP contribution in [0.15, 0.2) is 18.2 Å². The average Bonchev–Trinajstić information content (AvgIpc) is 2.85. The van der Waals surface area contributed by atoms with E-state index in [1.807, 2.05) is 0 Å². The van der Waals surface area contributed by atoms with E-state index in [1.54, 1.807) is 0 Å². The zero-order valence-corrected chi connectivity index (χ0v) is 10.7. The van der Waals surface area contributed by atoms with Gasteiger partial charge in [-0.25, -0.2) is 4.79 Å². The molecule has 1 aromatic carbocycles. The fourth-order valence-electron chi connectivity index (χ4n) is 1.95. The van der Waals surface area contributed by atoms with Crippen LogP contribution in [0.2, 0.25) is 0 Å². The zero-order chi connectivity index (χ0) is 15.6. The summed E-state index contributed by atoms with van der Waals surface area (Å²) in [6, 6.07) is 2.43. The van der Waals surface area contributed by atoms with Gasteiger partial charge in [0.05, 0.1) is 10.5 Å². The van der Waals surface area contributed by atoms with Crippen molar-refractivity contribution in [2.75, 3.05) is 5.32 Å². The standard InChI is InChI=1S/C12H11N3O6/c16-10-4-3-8(13-10)11(17)14-7-2-1-6(12(18)19)5-9(7)15(20)21/h1-2,5,8H,3-4H2,(H,13,16)(H,14,17)(H,18,19)/t8-/m1/s1. The van der Waals surface area contributed by atoms with Crippen LogP contribution in [-0.2, 0) is 9.59 Å². The molecule has 0 bridgehead atoms. The Morgan fingerprint density at radius 2 is 2.14 bits per heavy atom. The lowest BCUT2D eigenvalue weighted by atomic mass is 10.1. The van der Waals surface area contributed by atoms with Gasteiger partial charge in [0.2, 0.25) is 11.8 Å². The highest BCUT2D eigenvalue weighted by molar-refractivity contribution is 6.01. The fourth-order valence-corrected chi connectivity index (χ4v) is 1.95. The predicted octanol–water partition coefficient (Wildman–Crippen LogP) is 0.510. The molecular formula is C12H11N3O6. The highest BCUT2D eigenvalue weighted by Crippen LogP contribution is 2.26. The molecule has 0 aromatic heterocycles. The highest BCUT2D eigenvalue weighted by Gasteiger charge is 2.28. The van der Waals surface area contributed by atoms with Crippen molar-refractivity contribution in [1.29, 1.82) is 0 Å². The Hall–Kier alpha value is -2.97. The van der Waals surface area contributed by atoms with Crippen LogP contribution in [0.1, 0.15) is 23.2 Å². The normalized spacial score (nSPS) is 17.1. The number of carbonyl (C=O) groups excluding carboxylic acids is 2. The first kappa shape index (κ1) is 14.4. The summed E-state index contributed by atoms with van der Waals surface area (Å²) >= 11 is 0. The van der Waals surface area contributed by atoms with Crippen molar-refractivity contribution in [1.82, 2.24) is 5.32 Å². The second-order valence-corrected chi connectivity index (χ2v) is 4.44. The van der Waals surface area contributed by atoms with Gasteiger partial charge in [-0.2, -0.15) is 0 Å². The quantitative estimate of drug-likeness (QED) is 0.546. The van der Waals surface area contributed by atoms with Crippen LogP contribution >= 0.6 is 0 Å². The van der Waals surface area contributed by atoms with Gasteiger partial charge in [-0.1, -0.05) is 0 Å². The number of anilines is 1. The van der Waals surface area contributed by atoms with Gasteiger partial charge < -0.3 is 15.7 Å². The summed E-state index contributed by atoms with van der Waals surface area (Å²) in [5.74, 6) is -2.14. The van der Waals surface area contributed by atoms with Gasteiger partial charge in [0.1, 0.15) is 11.7 Å². The first-order valence-electron chi connectivity index (χ1n) is 6.00. The number of carbonyl (C=O) groups is 3. The van der Waals surface area contributed by atoms with Gasteiger partial charge in [0.15, 0.2) is 0 Å². The van der Waals surface area contributed by atoms with Gasteiger partial charge in [-0.15, -0.1) is 0 Å². The summed E-state index contributed by atoms with van der Waals surface area (Å²) in [7, 11) is 0. The van der Waals surface area contributed by atoms with Gasteiger partial charge in [-0.05, 0) is 18.6 Å². The molecule has 1 aromatic rings. The Balaban J connectivity index is 2.23. The molecule has 0 radical (unpaired) electrons. The van der Waals surface area contributed by atoms with Crippen LogP contribution in [0.5, 0.6) is 0 Å². The van der Waals surface area contributed by atoms with E-state index in [1.165, 1.54) is 0 Å². The van der Waals surface area contributed by atoms with Crippen molar-refractivity contribution in [3.8, 4) is 0 Å². The minimum atomic E-state index is -1.31. The molecule has 0 spiro atoms. The van der Waals surface area contributed by atoms with E-state index in [4.69, 9.17) is 5.11 Å². The number of benzene rings is 1. The van der Waals surface area contributed by atoms with Crippen molar-refractivity contribution in [3.63, 3.8) is 0 Å². The molecule has 2 amide bonds. The number of nitro benzene ring substituents is 1. The first-order valence-corrected chi connectivity index (χ1v) is 6.00. The molecule has 0 saturated carbocycles. The number of nitrogens with zero attached hydrogens (tertiary/aromatic N) is 1. The van der Waals surface area contributed by atoms with E-state index in [-0.39, 0.29) is 23.6 Å². The van der Waals surface area contributed by atoms with Crippen LogP contribution in [-0.4, -0.2) is 33.9 Å². The van der Waals surface area contributed by atoms with E-state index < -0.39 is 28.5 Å². The lowest BCUT2D eigenvalue weighted by Crippen LogP contribution is -2.37. The predicted molar refractivity (Wildman–Crippen MR) is 69.9 cm³/mol. The first-order chi connectivity index (χ1) is 9.88. The molecule has 0 aliphatic carbocycles. The number of carboxylic acids is 1. The maximum absolute atomic E-state index is 11.9. The summed E-state index contributed by atoms with van der Waals surface area (Å²) in [6.07, 6.45) is 0.532. The Bertz CT molecular complexity index is 642. The van der Waals surface area contributed by atoms with Crippen molar-refractivity contribution < 1.29 is 24.4 Å². The third kappa shape index (κ3) is 3.14. The van der Waals surface area contributed by atoms with Crippen LogP contribution in [0.3, 0.4) is 0 Å². The number of hydrogen-bond donors (Lipinski definition) is 3. The molecule has 9 nitrogen and oxygen atoms in total. The molecule has 110 valence electrons. The molecule has 2 rings (SSSR count). The maximum Gasteiger partial charge on any atom is 0.335 e. The Morgan fingerprint density at radius 3 is 2.67 bits per heavy atom. The fraction of sp³-hybridized carbons (Fsp3) is 0.250. The van der Waals surface area contributed by atoms with E-state index in [0.29, 0.717) is 6.42 Å². The zero-order valence-electron chi connectivity index (χ0n) is 10.7. The summed E-state index contributed by atoms with van der Waals surface area (Å²) < 4.78 is 0. The Labute approximate surface area is 118 Å². The third-order valence-corrected chi connectivity index (χ3v) is 3.01. The van der Waals surface area contributed by atoms with Crippen LogP contribution < -0.4 is 10.6 Å². The average molecular weight is 293 g/mol. The second kappa shape index (κ2) is 5.57. The highest BCUT2D eigenvalue weighted by atomic mass is 16.6. The Kier molecular flexibility index (Phi) is 3.83. The number of hydrogen-bond acceptors (Lipinski definition) is 5. The minimum Gasteiger partial charge on any atom is -0.478 e. The number of nitro groups is 1. The van der Waals surface area contributed by atoms with E-state index >= 15 is 0 Å². The molecule has 1 atom stereocenters. The largest absolute Gasteiger partial charge is 0.478 e. The molecule has 1 aliphatic rings. The number of nitrogens with one attached hydrogen (secondary N) is 2. The minimum absolute atomic E-state index is 0.115. The number of amides is 2. The van der Waals surface area contributed by atoms with Crippen LogP contribution in [0.4, 0.5) is 11.4 Å². The molecule has 1 saturated heterocycles. The number of aromatic carboxylic acids is 1. The van der Waals surface area contributed by atoms with E-state index in [9.17, 15) is 24.5 Å².